The average molecular weight is 220 g/mol. The molecule has 0 N–H and O–H groups in total. The molecule has 3 nitrogen and oxygen atoms in total. The zero-order valence-electron chi connectivity index (χ0n) is 7.91. The van der Waals surface area contributed by atoms with Gasteiger partial charge in [0.1, 0.15) is 0 Å². The largest absolute Gasteiger partial charge is 1.00 e. The quantitative estimate of drug-likeness (QED) is 0.307. The van der Waals surface area contributed by atoms with Crippen LogP contribution in [-0.2, 0) is 10.1 Å². The summed E-state index contributed by atoms with van der Waals surface area (Å²) in [6.07, 6.45) is 2.61. The summed E-state index contributed by atoms with van der Waals surface area (Å²) in [7, 11) is -4.17. The molecule has 0 aliphatic carbocycles. The zero-order chi connectivity index (χ0) is 8.91. The molecule has 0 rings (SSSR count). The van der Waals surface area contributed by atoms with Gasteiger partial charge >= 0.3 is 29.6 Å². The van der Waals surface area contributed by atoms with E-state index in [4.69, 9.17) is 0 Å². The second-order valence-corrected chi connectivity index (χ2v) is 6.87. The van der Waals surface area contributed by atoms with E-state index in [1.807, 2.05) is 13.8 Å². The molecule has 0 atom stereocenters. The van der Waals surface area contributed by atoms with Gasteiger partial charge in [0, 0.05) is 5.75 Å². The molecular formula is C6H14NaO3PS. The van der Waals surface area contributed by atoms with Crippen molar-refractivity contribution in [2.75, 3.05) is 24.2 Å². The van der Waals surface area contributed by atoms with Gasteiger partial charge in [0.15, 0.2) is 0 Å². The molecule has 0 fully saturated rings. The summed E-state index contributed by atoms with van der Waals surface area (Å²) in [6, 6.07) is 0. The monoisotopic (exact) mass is 220 g/mol. The van der Waals surface area contributed by atoms with Crippen LogP contribution in [-0.4, -0.2) is 37.2 Å². The Hall–Kier alpha value is 1.34. The molecule has 6 heteroatoms. The average Bonchev–Trinajstić information content (AvgIpc) is 1.88. The van der Waals surface area contributed by atoms with Gasteiger partial charge in [-0.3, -0.25) is 0 Å². The van der Waals surface area contributed by atoms with Crippen molar-refractivity contribution >= 4 is 18.0 Å². The van der Waals surface area contributed by atoms with Crippen LogP contribution >= 0.6 is 7.92 Å². The van der Waals surface area contributed by atoms with Crippen molar-refractivity contribution < 1.29 is 42.5 Å². The van der Waals surface area contributed by atoms with Crippen molar-refractivity contribution in [1.82, 2.24) is 0 Å². The SMILES string of the molecule is CCP(CC)CCS(=O)(=O)[O-].[Na+]. The van der Waals surface area contributed by atoms with Crippen LogP contribution in [0, 0.1) is 0 Å². The minimum Gasteiger partial charge on any atom is -0.748 e. The molecule has 12 heavy (non-hydrogen) atoms. The van der Waals surface area contributed by atoms with Crippen LogP contribution in [0.5, 0.6) is 0 Å². The summed E-state index contributed by atoms with van der Waals surface area (Å²) in [5.41, 5.74) is 0. The summed E-state index contributed by atoms with van der Waals surface area (Å²) < 4.78 is 30.7. The van der Waals surface area contributed by atoms with E-state index in [1.165, 1.54) is 0 Å². The van der Waals surface area contributed by atoms with Crippen LogP contribution in [0.2, 0.25) is 0 Å². The van der Waals surface area contributed by atoms with Gasteiger partial charge in [0.05, 0.1) is 10.1 Å². The Morgan fingerprint density at radius 2 is 1.67 bits per heavy atom. The molecule has 0 spiro atoms. The predicted molar refractivity (Wildman–Crippen MR) is 47.4 cm³/mol. The maximum absolute atomic E-state index is 10.2. The van der Waals surface area contributed by atoms with E-state index in [2.05, 4.69) is 0 Å². The summed E-state index contributed by atoms with van der Waals surface area (Å²) >= 11 is 0. The van der Waals surface area contributed by atoms with Crippen LogP contribution in [0.3, 0.4) is 0 Å². The van der Waals surface area contributed by atoms with Crippen molar-refractivity contribution in [1.29, 1.82) is 0 Å². The van der Waals surface area contributed by atoms with E-state index in [0.717, 1.165) is 12.3 Å². The molecule has 0 bridgehead atoms. The Morgan fingerprint density at radius 3 is 1.92 bits per heavy atom. The van der Waals surface area contributed by atoms with E-state index in [9.17, 15) is 13.0 Å². The first-order chi connectivity index (χ1) is 4.99. The molecule has 0 saturated heterocycles. The van der Waals surface area contributed by atoms with Gasteiger partial charge in [0.25, 0.3) is 0 Å². The van der Waals surface area contributed by atoms with Gasteiger partial charge < -0.3 is 4.55 Å². The van der Waals surface area contributed by atoms with Gasteiger partial charge in [-0.1, -0.05) is 13.8 Å². The Morgan fingerprint density at radius 1 is 1.25 bits per heavy atom. The Balaban J connectivity index is 0. The first-order valence-corrected chi connectivity index (χ1v) is 7.13. The molecular weight excluding hydrogens is 206 g/mol. The first-order valence-electron chi connectivity index (χ1n) is 3.65. The van der Waals surface area contributed by atoms with Crippen LogP contribution in [0.25, 0.3) is 0 Å². The number of hydrogen-bond acceptors (Lipinski definition) is 3. The molecule has 0 radical (unpaired) electrons. The van der Waals surface area contributed by atoms with E-state index in [-0.39, 0.29) is 43.2 Å². The molecule has 0 aliphatic rings. The second kappa shape index (κ2) is 7.72. The van der Waals surface area contributed by atoms with E-state index < -0.39 is 10.1 Å². The molecule has 0 aromatic carbocycles. The molecule has 68 valence electrons. The zero-order valence-corrected chi connectivity index (χ0v) is 11.6. The number of hydrogen-bond donors (Lipinski definition) is 0. The van der Waals surface area contributed by atoms with Crippen molar-refractivity contribution in [3.63, 3.8) is 0 Å². The minimum absolute atomic E-state index is 0. The fourth-order valence-electron chi connectivity index (χ4n) is 0.781. The van der Waals surface area contributed by atoms with Crippen LogP contribution < -0.4 is 29.6 Å². The molecule has 0 saturated carbocycles. The minimum atomic E-state index is -3.97. The van der Waals surface area contributed by atoms with E-state index in [0.29, 0.717) is 6.16 Å². The summed E-state index contributed by atoms with van der Waals surface area (Å²) in [5, 5.41) is 0. The van der Waals surface area contributed by atoms with E-state index >= 15 is 0 Å². The third-order valence-corrected chi connectivity index (χ3v) is 5.20. The second-order valence-electron chi connectivity index (χ2n) is 2.29. The predicted octanol–water partition coefficient (Wildman–Crippen LogP) is -1.94. The van der Waals surface area contributed by atoms with E-state index in [1.54, 1.807) is 0 Å². The molecule has 0 heterocycles. The van der Waals surface area contributed by atoms with Crippen LogP contribution in [0.1, 0.15) is 13.8 Å². The third-order valence-electron chi connectivity index (χ3n) is 1.55. The topological polar surface area (TPSA) is 57.2 Å². The molecule has 0 amide bonds. The van der Waals surface area contributed by atoms with Gasteiger partial charge in [-0.25, -0.2) is 8.42 Å². The van der Waals surface area contributed by atoms with Gasteiger partial charge in [-0.15, -0.1) is 7.92 Å². The normalized spacial score (nSPS) is 11.3. The molecule has 0 unspecified atom stereocenters. The smallest absolute Gasteiger partial charge is 0.748 e. The first kappa shape index (κ1) is 15.8. The van der Waals surface area contributed by atoms with Crippen LogP contribution in [0.15, 0.2) is 0 Å². The standard InChI is InChI=1S/C6H15O3PS.Na/c1-3-10(4-2)5-6-11(7,8)9;/h3-6H2,1-2H3,(H,7,8,9);/q;+1/p-1. The Bertz CT molecular complexity index is 189. The molecule has 0 aromatic heterocycles. The van der Waals surface area contributed by atoms with Gasteiger partial charge in [-0.2, -0.15) is 0 Å². The summed E-state index contributed by atoms with van der Waals surface area (Å²) in [5.74, 6) is -0.180. The molecule has 0 aromatic rings. The summed E-state index contributed by atoms with van der Waals surface area (Å²) in [4.78, 5) is 0. The van der Waals surface area contributed by atoms with Crippen molar-refractivity contribution in [2.45, 2.75) is 13.8 Å². The Kier molecular flexibility index (Phi) is 10.2. The molecule has 0 aliphatic heterocycles. The van der Waals surface area contributed by atoms with Gasteiger partial charge in [-0.05, 0) is 18.5 Å². The van der Waals surface area contributed by atoms with Crippen molar-refractivity contribution in [3.8, 4) is 0 Å². The third kappa shape index (κ3) is 9.43. The fraction of sp³-hybridized carbons (Fsp3) is 1.00. The maximum atomic E-state index is 10.2. The fourth-order valence-corrected chi connectivity index (χ4v) is 3.79. The number of rotatable bonds is 5. The summed E-state index contributed by atoms with van der Waals surface area (Å²) in [6.45, 7) is 4.07. The van der Waals surface area contributed by atoms with Crippen molar-refractivity contribution in [3.05, 3.63) is 0 Å². The van der Waals surface area contributed by atoms with Crippen molar-refractivity contribution in [2.24, 2.45) is 0 Å². The van der Waals surface area contributed by atoms with Gasteiger partial charge in [0.2, 0.25) is 0 Å². The van der Waals surface area contributed by atoms with Crippen LogP contribution in [0.4, 0.5) is 0 Å². The maximum Gasteiger partial charge on any atom is 1.00 e. The Labute approximate surface area is 98.1 Å².